The molecular formula is C24H27Na6O28+. The molecule has 28 nitrogen and oxygen atoms in total. The quantitative estimate of drug-likeness (QED) is 0.0505. The van der Waals surface area contributed by atoms with E-state index in [9.17, 15) is 83.1 Å². The number of aliphatic hydroxyl groups is 4. The molecule has 0 aromatic heterocycles. The number of aliphatic carboxylic acids is 12. The van der Waals surface area contributed by atoms with E-state index in [2.05, 4.69) is 0 Å². The van der Waals surface area contributed by atoms with Crippen LogP contribution in [0.15, 0.2) is 0 Å². The van der Waals surface area contributed by atoms with E-state index in [4.69, 9.17) is 56.2 Å². The van der Waals surface area contributed by atoms with Gasteiger partial charge in [0.05, 0.1) is 44.0 Å². The fraction of sp³-hybridized carbons (Fsp3) is 0.500. The van der Waals surface area contributed by atoms with Gasteiger partial charge in [-0.1, -0.05) is 0 Å². The van der Waals surface area contributed by atoms with Crippen LogP contribution in [0.25, 0.3) is 0 Å². The maximum Gasteiger partial charge on any atom is 1.00 e. The summed E-state index contributed by atoms with van der Waals surface area (Å²) in [7, 11) is 0. The molecule has 0 aromatic carbocycles. The number of carboxylic acid groups (broad SMARTS) is 12. The van der Waals surface area contributed by atoms with Crippen LogP contribution in [0.2, 0.25) is 0 Å². The molecule has 0 radical (unpaired) electrons. The Labute approximate surface area is 455 Å². The van der Waals surface area contributed by atoms with Crippen molar-refractivity contribution in [2.24, 2.45) is 0 Å². The van der Waals surface area contributed by atoms with Crippen LogP contribution in [-0.4, -0.2) is 150 Å². The second kappa shape index (κ2) is 38.2. The molecule has 0 saturated heterocycles. The first-order chi connectivity index (χ1) is 23.1. The summed E-state index contributed by atoms with van der Waals surface area (Å²) < 4.78 is 0. The maximum absolute atomic E-state index is 10.3. The molecular weight excluding hydrogens is 874 g/mol. The van der Waals surface area contributed by atoms with Gasteiger partial charge in [0.25, 0.3) is 0 Å². The van der Waals surface area contributed by atoms with Gasteiger partial charge in [0, 0.05) is 37.2 Å². The minimum atomic E-state index is -2.91. The third-order valence-corrected chi connectivity index (χ3v) is 5.08. The maximum atomic E-state index is 10.3. The van der Waals surface area contributed by atoms with Crippen molar-refractivity contribution in [2.45, 2.75) is 73.8 Å². The third kappa shape index (κ3) is 40.9. The SMILES string of the molecule is O=C(O)CC(O)(CC(=O)O)C(=O)O.O=C([O-])CC(O)(CC(=O)O)C(=O)O.O=C([O-])CC(O)(CC(=O)O)C(=O)[O-].O=C([O-])CC(O)(CC(=O)O)C(=O)[O-].[Na+].[Na+].[Na+].[Na+].[Na+].[Na+]. The number of carbonyl (C=O) groups is 12. The Kier molecular flexibility index (Phi) is 53.5. The molecule has 0 amide bonds. The van der Waals surface area contributed by atoms with Crippen LogP contribution in [0, 0.1) is 0 Å². The van der Waals surface area contributed by atoms with Crippen molar-refractivity contribution in [3.63, 3.8) is 0 Å². The zero-order chi connectivity index (χ0) is 42.6. The minimum absolute atomic E-state index is 0. The van der Waals surface area contributed by atoms with E-state index in [1.54, 1.807) is 0 Å². The monoisotopic (exact) mass is 901 g/mol. The van der Waals surface area contributed by atoms with Crippen molar-refractivity contribution in [2.75, 3.05) is 0 Å². The Morgan fingerprint density at radius 2 is 0.431 bits per heavy atom. The molecule has 0 rings (SSSR count). The van der Waals surface area contributed by atoms with Crippen molar-refractivity contribution >= 4 is 71.6 Å². The first-order valence-electron chi connectivity index (χ1n) is 12.6. The molecule has 3 atom stereocenters. The van der Waals surface area contributed by atoms with E-state index >= 15 is 0 Å². The number of rotatable bonds is 20. The summed E-state index contributed by atoms with van der Waals surface area (Å²) in [5.41, 5.74) is -11.4. The summed E-state index contributed by atoms with van der Waals surface area (Å²) in [5.74, 6) is -21.7. The first kappa shape index (κ1) is 81.3. The average Bonchev–Trinajstić information content (AvgIpc) is 2.85. The van der Waals surface area contributed by atoms with Crippen LogP contribution in [0.4, 0.5) is 0 Å². The normalized spacial score (nSPS) is 12.2. The van der Waals surface area contributed by atoms with Gasteiger partial charge in [-0.05, 0) is 0 Å². The second-order valence-electron chi connectivity index (χ2n) is 9.81. The fourth-order valence-corrected chi connectivity index (χ4v) is 2.81. The summed E-state index contributed by atoms with van der Waals surface area (Å²) in [5, 5.41) is 144. The summed E-state index contributed by atoms with van der Waals surface area (Å²) in [6.45, 7) is 0. The molecule has 34 heteroatoms. The Morgan fingerprint density at radius 3 is 0.552 bits per heavy atom. The van der Waals surface area contributed by atoms with Gasteiger partial charge in [0.2, 0.25) is 0 Å². The topological polar surface area (TPSA) is 543 Å². The average molecular weight is 901 g/mol. The number of hydrogen-bond donors (Lipinski definition) is 11. The van der Waals surface area contributed by atoms with Crippen molar-refractivity contribution in [1.82, 2.24) is 0 Å². The van der Waals surface area contributed by atoms with Gasteiger partial charge >= 0.3 is 219 Å². The molecule has 0 saturated carbocycles. The zero-order valence-electron chi connectivity index (χ0n) is 31.5. The third-order valence-electron chi connectivity index (χ3n) is 5.08. The van der Waals surface area contributed by atoms with Gasteiger partial charge in [-0.2, -0.15) is 0 Å². The van der Waals surface area contributed by atoms with Gasteiger partial charge in [-0.25, -0.2) is 9.59 Å². The van der Waals surface area contributed by atoms with Crippen molar-refractivity contribution in [3.05, 3.63) is 0 Å². The van der Waals surface area contributed by atoms with Crippen LogP contribution in [0.1, 0.15) is 51.4 Å². The van der Waals surface area contributed by atoms with Crippen LogP contribution in [0.3, 0.4) is 0 Å². The number of hydrogen-bond acceptors (Lipinski definition) is 21. The van der Waals surface area contributed by atoms with Gasteiger partial charge in [0.15, 0.2) is 11.2 Å². The van der Waals surface area contributed by atoms with E-state index in [-0.39, 0.29) is 177 Å². The molecule has 0 bridgehead atoms. The molecule has 0 fully saturated rings. The van der Waals surface area contributed by atoms with E-state index in [0.29, 0.717) is 0 Å². The molecule has 0 aliphatic carbocycles. The molecule has 0 aliphatic rings. The van der Waals surface area contributed by atoms with Crippen LogP contribution >= 0.6 is 0 Å². The predicted octanol–water partition coefficient (Wildman–Crippen LogP) is -29.6. The summed E-state index contributed by atoms with van der Waals surface area (Å²) in [6.07, 6.45) is -9.86. The van der Waals surface area contributed by atoms with Crippen molar-refractivity contribution in [1.29, 1.82) is 0 Å². The molecule has 0 heterocycles. The standard InChI is InChI=1S/4C6H8O7.6Na/c4*7-3(8)1-6(13,5(11)12)2-4(9)10;;;;;;/h4*13H,1-2H2,(H,7,8)(H,9,10)(H,11,12);;;;;;/q;;;;6*+1/p-5. The molecule has 0 spiro atoms. The Bertz CT molecular complexity index is 1150. The Hall–Kier alpha value is -0.520. The summed E-state index contributed by atoms with van der Waals surface area (Å²) in [4.78, 5) is 121. The molecule has 0 aromatic rings. The van der Waals surface area contributed by atoms with Gasteiger partial charge in [0.1, 0.15) is 11.2 Å². The smallest absolute Gasteiger partial charge is 0.550 e. The summed E-state index contributed by atoms with van der Waals surface area (Å²) >= 11 is 0. The largest absolute Gasteiger partial charge is 1.00 e. The van der Waals surface area contributed by atoms with Crippen molar-refractivity contribution in [3.8, 4) is 0 Å². The Morgan fingerprint density at radius 1 is 0.293 bits per heavy atom. The molecule has 0 aliphatic heterocycles. The molecule has 11 N–H and O–H groups in total. The molecule has 3 unspecified atom stereocenters. The van der Waals surface area contributed by atoms with Crippen LogP contribution < -0.4 is 203 Å². The van der Waals surface area contributed by atoms with Gasteiger partial charge in [-0.3, -0.25) is 24.0 Å². The molecule has 296 valence electrons. The van der Waals surface area contributed by atoms with E-state index in [0.717, 1.165) is 0 Å². The Balaban J connectivity index is -0.0000000640. The van der Waals surface area contributed by atoms with E-state index in [1.807, 2.05) is 0 Å². The van der Waals surface area contributed by atoms with E-state index < -0.39 is 145 Å². The van der Waals surface area contributed by atoms with Crippen LogP contribution in [-0.2, 0) is 57.5 Å². The minimum Gasteiger partial charge on any atom is -0.550 e. The summed E-state index contributed by atoms with van der Waals surface area (Å²) in [6, 6.07) is 0. The molecule has 58 heavy (non-hydrogen) atoms. The van der Waals surface area contributed by atoms with Gasteiger partial charge < -0.3 is 106 Å². The van der Waals surface area contributed by atoms with Gasteiger partial charge in [-0.15, -0.1) is 0 Å². The van der Waals surface area contributed by atoms with Crippen molar-refractivity contribution < 1.29 is 317 Å². The first-order valence-corrected chi connectivity index (χ1v) is 12.6. The van der Waals surface area contributed by atoms with Crippen LogP contribution in [0.5, 0.6) is 0 Å². The second-order valence-corrected chi connectivity index (χ2v) is 9.81. The fourth-order valence-electron chi connectivity index (χ4n) is 2.81. The zero-order valence-corrected chi connectivity index (χ0v) is 43.5. The number of carbonyl (C=O) groups excluding carboxylic acids is 5. The number of carboxylic acids is 12. The predicted molar refractivity (Wildman–Crippen MR) is 135 cm³/mol. The van der Waals surface area contributed by atoms with E-state index in [1.165, 1.54) is 0 Å².